The molecule has 1 aromatic carbocycles. The van der Waals surface area contributed by atoms with E-state index in [0.29, 0.717) is 17.2 Å². The molecule has 0 aliphatic carbocycles. The molecule has 0 bridgehead atoms. The predicted octanol–water partition coefficient (Wildman–Crippen LogP) is 1.98. The minimum atomic E-state index is -0.293. The van der Waals surface area contributed by atoms with Crippen LogP contribution in [-0.2, 0) is 0 Å². The van der Waals surface area contributed by atoms with Crippen LogP contribution in [-0.4, -0.2) is 31.0 Å². The van der Waals surface area contributed by atoms with E-state index in [1.54, 1.807) is 43.4 Å². The fraction of sp³-hybridized carbons (Fsp3) is 0.133. The minimum absolute atomic E-state index is 0.276. The molecule has 3 amide bonds. The minimum Gasteiger partial charge on any atom is -0.457 e. The van der Waals surface area contributed by atoms with E-state index in [-0.39, 0.29) is 17.6 Å². The second-order valence-electron chi connectivity index (χ2n) is 4.29. The van der Waals surface area contributed by atoms with Crippen LogP contribution in [0.15, 0.2) is 42.6 Å². The Balaban J connectivity index is 2.07. The van der Waals surface area contributed by atoms with E-state index < -0.39 is 0 Å². The SMILES string of the molecule is CNC(=O)Nc1ccc(Oc2ccnc(C(=O)NC)c2)cc1. The molecular formula is C15H16N4O3. The first kappa shape index (κ1) is 15.3. The lowest BCUT2D eigenvalue weighted by atomic mass is 10.3. The molecule has 7 nitrogen and oxygen atoms in total. The van der Waals surface area contributed by atoms with E-state index in [1.165, 1.54) is 13.2 Å². The van der Waals surface area contributed by atoms with Crippen molar-refractivity contribution in [1.82, 2.24) is 15.6 Å². The number of hydrogen-bond acceptors (Lipinski definition) is 4. The number of nitrogens with one attached hydrogen (secondary N) is 3. The molecule has 0 aliphatic heterocycles. The summed E-state index contributed by atoms with van der Waals surface area (Å²) in [5.74, 6) is 0.799. The quantitative estimate of drug-likeness (QED) is 0.805. The van der Waals surface area contributed by atoms with Crippen LogP contribution in [0.4, 0.5) is 10.5 Å². The third kappa shape index (κ3) is 3.95. The number of pyridine rings is 1. The molecule has 0 saturated heterocycles. The van der Waals surface area contributed by atoms with Gasteiger partial charge in [-0.1, -0.05) is 0 Å². The Morgan fingerprint density at radius 2 is 1.73 bits per heavy atom. The van der Waals surface area contributed by atoms with E-state index in [2.05, 4.69) is 20.9 Å². The Labute approximate surface area is 127 Å². The molecule has 0 fully saturated rings. The standard InChI is InChI=1S/C15H16N4O3/c1-16-14(20)13-9-12(7-8-18-13)22-11-5-3-10(4-6-11)19-15(21)17-2/h3-9H,1-2H3,(H,16,20)(H2,17,19,21). The molecule has 0 radical (unpaired) electrons. The summed E-state index contributed by atoms with van der Waals surface area (Å²) in [6.07, 6.45) is 1.50. The zero-order chi connectivity index (χ0) is 15.9. The lowest BCUT2D eigenvalue weighted by molar-refractivity contribution is 0.0958. The van der Waals surface area contributed by atoms with Gasteiger partial charge in [0.15, 0.2) is 0 Å². The average Bonchev–Trinajstić information content (AvgIpc) is 2.56. The summed E-state index contributed by atoms with van der Waals surface area (Å²) in [4.78, 5) is 26.7. The Kier molecular flexibility index (Phi) is 4.92. The number of nitrogens with zero attached hydrogens (tertiary/aromatic N) is 1. The van der Waals surface area contributed by atoms with Crippen LogP contribution in [0, 0.1) is 0 Å². The maximum absolute atomic E-state index is 11.5. The van der Waals surface area contributed by atoms with Crippen LogP contribution in [0.5, 0.6) is 11.5 Å². The highest BCUT2D eigenvalue weighted by Crippen LogP contribution is 2.23. The average molecular weight is 300 g/mol. The number of benzene rings is 1. The number of urea groups is 1. The van der Waals surface area contributed by atoms with Crippen LogP contribution in [0.2, 0.25) is 0 Å². The van der Waals surface area contributed by atoms with Crippen molar-refractivity contribution in [3.8, 4) is 11.5 Å². The van der Waals surface area contributed by atoms with Gasteiger partial charge in [-0.15, -0.1) is 0 Å². The van der Waals surface area contributed by atoms with Crippen LogP contribution in [0.25, 0.3) is 0 Å². The fourth-order valence-electron chi connectivity index (χ4n) is 1.66. The van der Waals surface area contributed by atoms with Crippen molar-refractivity contribution in [2.24, 2.45) is 0 Å². The molecule has 1 aromatic heterocycles. The van der Waals surface area contributed by atoms with Crippen molar-refractivity contribution < 1.29 is 14.3 Å². The third-order valence-corrected chi connectivity index (χ3v) is 2.77. The van der Waals surface area contributed by atoms with E-state index in [0.717, 1.165) is 0 Å². The van der Waals surface area contributed by atoms with E-state index in [4.69, 9.17) is 4.74 Å². The highest BCUT2D eigenvalue weighted by atomic mass is 16.5. The summed E-state index contributed by atoms with van der Waals surface area (Å²) >= 11 is 0. The molecule has 22 heavy (non-hydrogen) atoms. The molecule has 2 rings (SSSR count). The van der Waals surface area contributed by atoms with Crippen molar-refractivity contribution in [1.29, 1.82) is 0 Å². The third-order valence-electron chi connectivity index (χ3n) is 2.77. The fourth-order valence-corrected chi connectivity index (χ4v) is 1.66. The van der Waals surface area contributed by atoms with Crippen molar-refractivity contribution in [2.45, 2.75) is 0 Å². The molecule has 114 valence electrons. The van der Waals surface area contributed by atoms with Gasteiger partial charge in [-0.25, -0.2) is 4.79 Å². The molecule has 1 heterocycles. The second kappa shape index (κ2) is 7.07. The largest absolute Gasteiger partial charge is 0.457 e. The highest BCUT2D eigenvalue weighted by Gasteiger charge is 2.07. The molecule has 0 unspecified atom stereocenters. The lowest BCUT2D eigenvalue weighted by Crippen LogP contribution is -2.24. The number of carbonyl (C=O) groups excluding carboxylic acids is 2. The predicted molar refractivity (Wildman–Crippen MR) is 82.2 cm³/mol. The first-order valence-electron chi connectivity index (χ1n) is 6.57. The van der Waals surface area contributed by atoms with Gasteiger partial charge in [0.1, 0.15) is 17.2 Å². The number of hydrogen-bond donors (Lipinski definition) is 3. The number of amides is 3. The number of carbonyl (C=O) groups is 2. The number of aromatic nitrogens is 1. The Bertz CT molecular complexity index is 671. The summed E-state index contributed by atoms with van der Waals surface area (Å²) in [7, 11) is 3.08. The van der Waals surface area contributed by atoms with Crippen molar-refractivity contribution in [2.75, 3.05) is 19.4 Å². The Morgan fingerprint density at radius 3 is 2.36 bits per heavy atom. The first-order valence-corrected chi connectivity index (χ1v) is 6.57. The van der Waals surface area contributed by atoms with E-state index in [1.807, 2.05) is 0 Å². The van der Waals surface area contributed by atoms with E-state index in [9.17, 15) is 9.59 Å². The summed E-state index contributed by atoms with van der Waals surface area (Å²) in [6, 6.07) is 9.77. The molecular weight excluding hydrogens is 284 g/mol. The highest BCUT2D eigenvalue weighted by molar-refractivity contribution is 5.92. The zero-order valence-electron chi connectivity index (χ0n) is 12.2. The first-order chi connectivity index (χ1) is 10.6. The number of rotatable bonds is 4. The van der Waals surface area contributed by atoms with Crippen LogP contribution >= 0.6 is 0 Å². The maximum Gasteiger partial charge on any atom is 0.318 e. The van der Waals surface area contributed by atoms with Gasteiger partial charge in [-0.3, -0.25) is 9.78 Å². The van der Waals surface area contributed by atoms with Gasteiger partial charge in [0.25, 0.3) is 5.91 Å². The zero-order valence-corrected chi connectivity index (χ0v) is 12.2. The van der Waals surface area contributed by atoms with Gasteiger partial charge in [-0.2, -0.15) is 0 Å². The van der Waals surface area contributed by atoms with Gasteiger partial charge >= 0.3 is 6.03 Å². The monoisotopic (exact) mass is 300 g/mol. The molecule has 7 heteroatoms. The summed E-state index contributed by atoms with van der Waals surface area (Å²) in [5, 5.41) is 7.61. The van der Waals surface area contributed by atoms with Crippen LogP contribution in [0.1, 0.15) is 10.5 Å². The second-order valence-corrected chi connectivity index (χ2v) is 4.29. The Morgan fingerprint density at radius 1 is 1.00 bits per heavy atom. The molecule has 3 N–H and O–H groups in total. The van der Waals surface area contributed by atoms with Crippen LogP contribution in [0.3, 0.4) is 0 Å². The van der Waals surface area contributed by atoms with Gasteiger partial charge in [-0.05, 0) is 30.3 Å². The normalized spacial score (nSPS) is 9.73. The molecule has 0 saturated carbocycles. The van der Waals surface area contributed by atoms with Gasteiger partial charge < -0.3 is 20.7 Å². The molecule has 2 aromatic rings. The summed E-state index contributed by atoms with van der Waals surface area (Å²) < 4.78 is 5.65. The van der Waals surface area contributed by atoms with Gasteiger partial charge in [0.05, 0.1) is 0 Å². The van der Waals surface area contributed by atoms with E-state index >= 15 is 0 Å². The topological polar surface area (TPSA) is 92.3 Å². The van der Waals surface area contributed by atoms with Crippen molar-refractivity contribution >= 4 is 17.6 Å². The molecule has 0 aliphatic rings. The lowest BCUT2D eigenvalue weighted by Gasteiger charge is -2.08. The van der Waals surface area contributed by atoms with Crippen molar-refractivity contribution in [3.05, 3.63) is 48.3 Å². The smallest absolute Gasteiger partial charge is 0.318 e. The molecule has 0 spiro atoms. The van der Waals surface area contributed by atoms with Crippen molar-refractivity contribution in [3.63, 3.8) is 0 Å². The summed E-state index contributed by atoms with van der Waals surface area (Å²) in [5.41, 5.74) is 0.922. The number of anilines is 1. The Hall–Kier alpha value is -3.09. The number of ether oxygens (including phenoxy) is 1. The molecule has 0 atom stereocenters. The van der Waals surface area contributed by atoms with Gasteiger partial charge in [0.2, 0.25) is 0 Å². The maximum atomic E-state index is 11.5. The summed E-state index contributed by atoms with van der Waals surface area (Å²) in [6.45, 7) is 0. The van der Waals surface area contributed by atoms with Crippen LogP contribution < -0.4 is 20.7 Å². The van der Waals surface area contributed by atoms with Gasteiger partial charge in [0, 0.05) is 32.0 Å².